The van der Waals surface area contributed by atoms with E-state index >= 15 is 0 Å². The molecule has 82 valence electrons. The van der Waals surface area contributed by atoms with Crippen molar-refractivity contribution in [3.05, 3.63) is 29.0 Å². The highest BCUT2D eigenvalue weighted by atomic mass is 35.5. The Morgan fingerprint density at radius 1 is 1.33 bits per heavy atom. The number of carbonyl (C=O) groups is 1. The minimum absolute atomic E-state index is 0.489. The molecule has 0 aliphatic rings. The molecular formula is C11H14ClNO2. The van der Waals surface area contributed by atoms with Crippen molar-refractivity contribution in [2.45, 2.75) is 25.7 Å². The Kier molecular flexibility index (Phi) is 5.78. The molecule has 0 spiro atoms. The summed E-state index contributed by atoms with van der Waals surface area (Å²) in [5.74, 6) is 0. The quantitative estimate of drug-likeness (QED) is 0.408. The largest absolute Gasteiger partial charge is 0.468 e. The number of ether oxygens (including phenoxy) is 1. The standard InChI is InChI=1S/C11H14ClNO2/c12-11-6-5-10(8-13-11)4-2-1-3-7-15-9-14/h5-6,8-9H,1-4,7H2. The third kappa shape index (κ3) is 5.37. The molecule has 0 aliphatic carbocycles. The zero-order valence-electron chi connectivity index (χ0n) is 8.49. The number of aryl methyl sites for hydroxylation is 1. The van der Waals surface area contributed by atoms with Gasteiger partial charge in [-0.3, -0.25) is 4.79 Å². The summed E-state index contributed by atoms with van der Waals surface area (Å²) in [7, 11) is 0. The number of pyridine rings is 1. The van der Waals surface area contributed by atoms with Gasteiger partial charge in [0.15, 0.2) is 0 Å². The molecule has 15 heavy (non-hydrogen) atoms. The van der Waals surface area contributed by atoms with Crippen LogP contribution in [0.25, 0.3) is 0 Å². The second-order valence-electron chi connectivity index (χ2n) is 3.27. The van der Waals surface area contributed by atoms with Crippen molar-refractivity contribution >= 4 is 18.1 Å². The van der Waals surface area contributed by atoms with Crippen LogP contribution < -0.4 is 0 Å². The maximum atomic E-state index is 9.85. The Morgan fingerprint density at radius 3 is 2.87 bits per heavy atom. The predicted octanol–water partition coefficient (Wildman–Crippen LogP) is 2.62. The van der Waals surface area contributed by atoms with E-state index in [4.69, 9.17) is 11.6 Å². The number of hydrogen-bond donors (Lipinski definition) is 0. The summed E-state index contributed by atoms with van der Waals surface area (Å²) in [6.07, 6.45) is 5.83. The highest BCUT2D eigenvalue weighted by Crippen LogP contribution is 2.09. The lowest BCUT2D eigenvalue weighted by Crippen LogP contribution is -1.93. The number of nitrogens with zero attached hydrogens (tertiary/aromatic N) is 1. The van der Waals surface area contributed by atoms with Gasteiger partial charge in [0.2, 0.25) is 0 Å². The van der Waals surface area contributed by atoms with Gasteiger partial charge in [-0.2, -0.15) is 0 Å². The van der Waals surface area contributed by atoms with E-state index in [9.17, 15) is 4.79 Å². The van der Waals surface area contributed by atoms with Gasteiger partial charge in [-0.05, 0) is 37.3 Å². The van der Waals surface area contributed by atoms with Crippen LogP contribution in [0.15, 0.2) is 18.3 Å². The molecule has 0 unspecified atom stereocenters. The fourth-order valence-electron chi connectivity index (χ4n) is 1.29. The molecule has 1 heterocycles. The minimum atomic E-state index is 0.489. The first-order valence-corrected chi connectivity index (χ1v) is 5.36. The molecular weight excluding hydrogens is 214 g/mol. The van der Waals surface area contributed by atoms with Crippen LogP contribution in [0.5, 0.6) is 0 Å². The Labute approximate surface area is 94.4 Å². The van der Waals surface area contributed by atoms with Crippen LogP contribution in [0.4, 0.5) is 0 Å². The Morgan fingerprint density at radius 2 is 2.20 bits per heavy atom. The van der Waals surface area contributed by atoms with E-state index < -0.39 is 0 Å². The highest BCUT2D eigenvalue weighted by molar-refractivity contribution is 6.29. The first-order chi connectivity index (χ1) is 7.33. The van der Waals surface area contributed by atoms with E-state index in [1.165, 1.54) is 5.56 Å². The van der Waals surface area contributed by atoms with E-state index in [1.54, 1.807) is 12.3 Å². The van der Waals surface area contributed by atoms with Crippen molar-refractivity contribution in [1.29, 1.82) is 0 Å². The summed E-state index contributed by atoms with van der Waals surface area (Å²) in [5, 5.41) is 0.526. The summed E-state index contributed by atoms with van der Waals surface area (Å²) < 4.78 is 4.59. The molecule has 0 aromatic carbocycles. The number of hydrogen-bond acceptors (Lipinski definition) is 3. The topological polar surface area (TPSA) is 39.2 Å². The molecule has 1 rings (SSSR count). The lowest BCUT2D eigenvalue weighted by atomic mass is 10.1. The van der Waals surface area contributed by atoms with Crippen LogP contribution >= 0.6 is 11.6 Å². The lowest BCUT2D eigenvalue weighted by molar-refractivity contribution is -0.128. The highest BCUT2D eigenvalue weighted by Gasteiger charge is 1.95. The van der Waals surface area contributed by atoms with Gasteiger partial charge in [0.05, 0.1) is 6.61 Å². The van der Waals surface area contributed by atoms with Gasteiger partial charge in [-0.15, -0.1) is 0 Å². The molecule has 4 heteroatoms. The van der Waals surface area contributed by atoms with E-state index in [0.29, 0.717) is 18.2 Å². The molecule has 0 bridgehead atoms. The van der Waals surface area contributed by atoms with Gasteiger partial charge >= 0.3 is 0 Å². The van der Waals surface area contributed by atoms with Gasteiger partial charge in [-0.1, -0.05) is 17.7 Å². The average molecular weight is 228 g/mol. The van der Waals surface area contributed by atoms with E-state index in [0.717, 1.165) is 25.7 Å². The predicted molar refractivity (Wildman–Crippen MR) is 58.8 cm³/mol. The van der Waals surface area contributed by atoms with E-state index in [2.05, 4.69) is 9.72 Å². The summed E-state index contributed by atoms with van der Waals surface area (Å²) in [6.45, 7) is 1.01. The molecule has 0 saturated carbocycles. The molecule has 0 amide bonds. The van der Waals surface area contributed by atoms with Gasteiger partial charge in [0.1, 0.15) is 5.15 Å². The average Bonchev–Trinajstić information content (AvgIpc) is 2.26. The zero-order valence-corrected chi connectivity index (χ0v) is 9.24. The second kappa shape index (κ2) is 7.23. The number of aromatic nitrogens is 1. The summed E-state index contributed by atoms with van der Waals surface area (Å²) in [5.41, 5.74) is 1.19. The number of rotatable bonds is 7. The summed E-state index contributed by atoms with van der Waals surface area (Å²) in [6, 6.07) is 3.78. The first kappa shape index (κ1) is 12.0. The van der Waals surface area contributed by atoms with E-state index in [1.807, 2.05) is 6.07 Å². The van der Waals surface area contributed by atoms with Crippen molar-refractivity contribution in [3.63, 3.8) is 0 Å². The minimum Gasteiger partial charge on any atom is -0.468 e. The van der Waals surface area contributed by atoms with E-state index in [-0.39, 0.29) is 0 Å². The van der Waals surface area contributed by atoms with Crippen LogP contribution in [0, 0.1) is 0 Å². The van der Waals surface area contributed by atoms with Crippen molar-refractivity contribution in [3.8, 4) is 0 Å². The molecule has 0 fully saturated rings. The van der Waals surface area contributed by atoms with Gasteiger partial charge in [-0.25, -0.2) is 4.98 Å². The van der Waals surface area contributed by atoms with Crippen LogP contribution in [-0.4, -0.2) is 18.1 Å². The van der Waals surface area contributed by atoms with Crippen LogP contribution in [0.2, 0.25) is 5.15 Å². The van der Waals surface area contributed by atoms with Crippen LogP contribution in [0.3, 0.4) is 0 Å². The zero-order chi connectivity index (χ0) is 10.9. The molecule has 1 aromatic heterocycles. The molecule has 0 aliphatic heterocycles. The fourth-order valence-corrected chi connectivity index (χ4v) is 1.41. The van der Waals surface area contributed by atoms with Crippen molar-refractivity contribution in [1.82, 2.24) is 4.98 Å². The maximum absolute atomic E-state index is 9.85. The van der Waals surface area contributed by atoms with Gasteiger partial charge < -0.3 is 4.74 Å². The molecule has 3 nitrogen and oxygen atoms in total. The lowest BCUT2D eigenvalue weighted by Gasteiger charge is -2.01. The summed E-state index contributed by atoms with van der Waals surface area (Å²) >= 11 is 5.67. The SMILES string of the molecule is O=COCCCCCc1ccc(Cl)nc1. The van der Waals surface area contributed by atoms with Crippen molar-refractivity contribution < 1.29 is 9.53 Å². The van der Waals surface area contributed by atoms with Crippen molar-refractivity contribution in [2.24, 2.45) is 0 Å². The Bertz CT molecular complexity index is 287. The fraction of sp³-hybridized carbons (Fsp3) is 0.455. The van der Waals surface area contributed by atoms with Crippen LogP contribution in [0.1, 0.15) is 24.8 Å². The smallest absolute Gasteiger partial charge is 0.293 e. The monoisotopic (exact) mass is 227 g/mol. The molecule has 0 radical (unpaired) electrons. The second-order valence-corrected chi connectivity index (χ2v) is 3.65. The molecule has 1 aromatic rings. The first-order valence-electron chi connectivity index (χ1n) is 4.98. The van der Waals surface area contributed by atoms with Gasteiger partial charge in [0.25, 0.3) is 6.47 Å². The van der Waals surface area contributed by atoms with Crippen LogP contribution in [-0.2, 0) is 16.0 Å². The number of halogens is 1. The van der Waals surface area contributed by atoms with Crippen molar-refractivity contribution in [2.75, 3.05) is 6.61 Å². The molecule has 0 atom stereocenters. The Balaban J connectivity index is 2.09. The number of unbranched alkanes of at least 4 members (excludes halogenated alkanes) is 2. The van der Waals surface area contributed by atoms with Gasteiger partial charge in [0, 0.05) is 6.20 Å². The normalized spacial score (nSPS) is 9.93. The maximum Gasteiger partial charge on any atom is 0.293 e. The summed E-state index contributed by atoms with van der Waals surface area (Å²) in [4.78, 5) is 13.8. The Hall–Kier alpha value is -1.09. The third-order valence-electron chi connectivity index (χ3n) is 2.08. The molecule has 0 saturated heterocycles. The third-order valence-corrected chi connectivity index (χ3v) is 2.31. The number of carbonyl (C=O) groups excluding carboxylic acids is 1. The molecule has 0 N–H and O–H groups in total.